The summed E-state index contributed by atoms with van der Waals surface area (Å²) < 4.78 is 10.6. The number of hydrogen-bond donors (Lipinski definition) is 0. The van der Waals surface area contributed by atoms with Crippen LogP contribution in [0, 0.1) is 5.92 Å². The van der Waals surface area contributed by atoms with Gasteiger partial charge in [-0.15, -0.1) is 0 Å². The molecule has 4 rings (SSSR count). The van der Waals surface area contributed by atoms with Crippen molar-refractivity contribution in [1.29, 1.82) is 0 Å². The standard InChI is InChI=1S/C21H31IO/c1-16-6-8-18(9-7-16)22-14-12-17(13-15-22)20-4-2-3-5-21(20)23-19-10-11-19/h2-5,16-19H,6-15H2,1H3. The van der Waals surface area contributed by atoms with Crippen LogP contribution < -0.4 is 4.74 Å². The molecule has 2 saturated carbocycles. The summed E-state index contributed by atoms with van der Waals surface area (Å²) in [4.78, 5) is 0. The van der Waals surface area contributed by atoms with Crippen molar-refractivity contribution in [2.75, 3.05) is 8.86 Å². The van der Waals surface area contributed by atoms with Crippen LogP contribution in [0.4, 0.5) is 0 Å². The first-order valence-electron chi connectivity index (χ1n) is 9.65. The second-order valence-electron chi connectivity index (χ2n) is 7.86. The van der Waals surface area contributed by atoms with Gasteiger partial charge in [0.05, 0.1) is 0 Å². The number of hydrogen-bond acceptors (Lipinski definition) is 1. The van der Waals surface area contributed by atoms with E-state index in [0.29, 0.717) is 6.10 Å². The zero-order chi connectivity index (χ0) is 15.6. The van der Waals surface area contributed by atoms with Gasteiger partial charge in [-0.05, 0) is 0 Å². The van der Waals surface area contributed by atoms with E-state index in [2.05, 4.69) is 31.2 Å². The van der Waals surface area contributed by atoms with Crippen molar-refractivity contribution < 1.29 is 4.74 Å². The molecule has 23 heavy (non-hydrogen) atoms. The molecule has 1 aliphatic heterocycles. The molecule has 0 radical (unpaired) electrons. The monoisotopic (exact) mass is 426 g/mol. The molecule has 2 aliphatic carbocycles. The zero-order valence-corrected chi connectivity index (χ0v) is 16.6. The van der Waals surface area contributed by atoms with Gasteiger partial charge in [-0.3, -0.25) is 0 Å². The van der Waals surface area contributed by atoms with Crippen molar-refractivity contribution in [2.45, 2.75) is 74.2 Å². The molecule has 0 atom stereocenters. The van der Waals surface area contributed by atoms with Crippen molar-refractivity contribution >= 4 is 19.8 Å². The van der Waals surface area contributed by atoms with Gasteiger partial charge in [-0.25, -0.2) is 0 Å². The Labute approximate surface area is 149 Å². The molecule has 1 nitrogen and oxygen atoms in total. The third kappa shape index (κ3) is 4.05. The molecule has 1 aromatic rings. The minimum absolute atomic E-state index is 0.521. The molecule has 0 unspecified atom stereocenters. The first-order valence-corrected chi connectivity index (χ1v) is 13.9. The summed E-state index contributed by atoms with van der Waals surface area (Å²) in [6.07, 6.45) is 12.1. The van der Waals surface area contributed by atoms with E-state index in [9.17, 15) is 0 Å². The molecule has 0 amide bonds. The van der Waals surface area contributed by atoms with E-state index in [-0.39, 0.29) is 0 Å². The first kappa shape index (κ1) is 16.2. The third-order valence-corrected chi connectivity index (χ3v) is 13.7. The summed E-state index contributed by atoms with van der Waals surface area (Å²) >= 11 is -0.659. The van der Waals surface area contributed by atoms with Crippen molar-refractivity contribution in [3.63, 3.8) is 0 Å². The van der Waals surface area contributed by atoms with Gasteiger partial charge in [0.15, 0.2) is 0 Å². The topological polar surface area (TPSA) is 9.23 Å². The Hall–Kier alpha value is -0.250. The summed E-state index contributed by atoms with van der Waals surface area (Å²) in [6.45, 7) is 2.45. The quantitative estimate of drug-likeness (QED) is 0.412. The van der Waals surface area contributed by atoms with E-state index < -0.39 is 19.8 Å². The molecule has 128 valence electrons. The fourth-order valence-electron chi connectivity index (χ4n) is 4.22. The summed E-state index contributed by atoms with van der Waals surface area (Å²) in [5.74, 6) is 2.99. The van der Waals surface area contributed by atoms with Crippen LogP contribution in [0.15, 0.2) is 24.3 Å². The van der Waals surface area contributed by atoms with Crippen LogP contribution in [0.3, 0.4) is 0 Å². The summed E-state index contributed by atoms with van der Waals surface area (Å²) in [5.41, 5.74) is 1.52. The van der Waals surface area contributed by atoms with Crippen LogP contribution in [-0.4, -0.2) is 18.9 Å². The number of benzene rings is 1. The molecule has 3 fully saturated rings. The van der Waals surface area contributed by atoms with Crippen molar-refractivity contribution in [1.82, 2.24) is 0 Å². The molecule has 0 aromatic heterocycles. The Kier molecular flexibility index (Phi) is 5.17. The molecular formula is C21H31IO. The molecule has 2 heteroatoms. The van der Waals surface area contributed by atoms with Gasteiger partial charge in [-0.1, -0.05) is 0 Å². The SMILES string of the molecule is CC1CCC(I2CCC(c3ccccc3OC3CC3)CC2)CC1. The number of ether oxygens (including phenoxy) is 1. The summed E-state index contributed by atoms with van der Waals surface area (Å²) in [5, 5.41) is 0. The Bertz CT molecular complexity index is 508. The Morgan fingerprint density at radius 1 is 0.870 bits per heavy atom. The zero-order valence-electron chi connectivity index (χ0n) is 14.5. The molecule has 3 aliphatic rings. The predicted octanol–water partition coefficient (Wildman–Crippen LogP) is 6.19. The van der Waals surface area contributed by atoms with Crippen LogP contribution in [0.1, 0.15) is 69.8 Å². The fraction of sp³-hybridized carbons (Fsp3) is 0.714. The first-order chi connectivity index (χ1) is 11.3. The molecule has 1 heterocycles. The molecule has 1 saturated heterocycles. The normalized spacial score (nSPS) is 31.1. The average Bonchev–Trinajstić information content (AvgIpc) is 3.40. The molecule has 0 spiro atoms. The second kappa shape index (κ2) is 7.33. The number of para-hydroxylation sites is 1. The third-order valence-electron chi connectivity index (χ3n) is 5.96. The number of rotatable bonds is 4. The van der Waals surface area contributed by atoms with Crippen LogP contribution in [0.2, 0.25) is 0 Å². The van der Waals surface area contributed by atoms with Crippen LogP contribution in [0.25, 0.3) is 0 Å². The van der Waals surface area contributed by atoms with Crippen LogP contribution in [0.5, 0.6) is 5.75 Å². The van der Waals surface area contributed by atoms with E-state index in [1.807, 2.05) is 0 Å². The van der Waals surface area contributed by atoms with E-state index in [4.69, 9.17) is 4.74 Å². The van der Waals surface area contributed by atoms with E-state index in [1.165, 1.54) is 53.8 Å². The number of alkyl halides is 3. The molecule has 1 aromatic carbocycles. The van der Waals surface area contributed by atoms with Gasteiger partial charge >= 0.3 is 149 Å². The maximum absolute atomic E-state index is 6.18. The summed E-state index contributed by atoms with van der Waals surface area (Å²) in [6, 6.07) is 8.91. The summed E-state index contributed by atoms with van der Waals surface area (Å²) in [7, 11) is 0. The van der Waals surface area contributed by atoms with Gasteiger partial charge in [0, 0.05) is 0 Å². The van der Waals surface area contributed by atoms with Crippen LogP contribution >= 0.6 is 19.8 Å². The Morgan fingerprint density at radius 3 is 2.26 bits per heavy atom. The Balaban J connectivity index is 1.36. The van der Waals surface area contributed by atoms with Crippen molar-refractivity contribution in [2.24, 2.45) is 5.92 Å². The van der Waals surface area contributed by atoms with E-state index in [1.54, 1.807) is 21.7 Å². The van der Waals surface area contributed by atoms with Gasteiger partial charge in [-0.2, -0.15) is 0 Å². The Morgan fingerprint density at radius 2 is 1.57 bits per heavy atom. The average molecular weight is 426 g/mol. The van der Waals surface area contributed by atoms with Gasteiger partial charge < -0.3 is 0 Å². The minimum atomic E-state index is -0.659. The fourth-order valence-corrected chi connectivity index (χ4v) is 12.1. The second-order valence-corrected chi connectivity index (χ2v) is 14.6. The predicted molar refractivity (Wildman–Crippen MR) is 107 cm³/mol. The van der Waals surface area contributed by atoms with Gasteiger partial charge in [0.1, 0.15) is 0 Å². The maximum atomic E-state index is 6.18. The van der Waals surface area contributed by atoms with Gasteiger partial charge in [0.25, 0.3) is 0 Å². The molecule has 0 bridgehead atoms. The van der Waals surface area contributed by atoms with E-state index in [0.717, 1.165) is 11.8 Å². The van der Waals surface area contributed by atoms with E-state index >= 15 is 0 Å². The molecular weight excluding hydrogens is 395 g/mol. The number of halogens is 1. The van der Waals surface area contributed by atoms with Crippen molar-refractivity contribution in [3.05, 3.63) is 29.8 Å². The molecule has 0 N–H and O–H groups in total. The van der Waals surface area contributed by atoms with Crippen molar-refractivity contribution in [3.8, 4) is 5.75 Å². The van der Waals surface area contributed by atoms with Crippen LogP contribution in [-0.2, 0) is 0 Å². The van der Waals surface area contributed by atoms with Gasteiger partial charge in [0.2, 0.25) is 0 Å².